The summed E-state index contributed by atoms with van der Waals surface area (Å²) < 4.78 is 34.7. The zero-order valence-electron chi connectivity index (χ0n) is 15.5. The molecule has 1 aliphatic carbocycles. The Morgan fingerprint density at radius 2 is 1.75 bits per heavy atom. The number of rotatable bonds is 1. The Morgan fingerprint density at radius 3 is 2.61 bits per heavy atom. The standard InChI is InChI=1S/C21H21NO6/c1-23-21-18-11(3-5-14-20(18)27-9-24-14)17-13(22)4-2-10-6-15-16(26-8-25-15)7-12(10)19(17)28-21/h3,5-7,13,17,19,21H,2,4,8-9,22H2,1H3/t13-,17+,19-,21+/m1/s1. The molecule has 7 heteroatoms. The molecule has 7 nitrogen and oxygen atoms in total. The number of methoxy groups -OCH3 is 1. The minimum absolute atomic E-state index is 0.0162. The maximum Gasteiger partial charge on any atom is 0.231 e. The second kappa shape index (κ2) is 6.01. The summed E-state index contributed by atoms with van der Waals surface area (Å²) in [5.41, 5.74) is 10.9. The first kappa shape index (κ1) is 16.5. The second-order valence-corrected chi connectivity index (χ2v) is 7.56. The fourth-order valence-corrected chi connectivity index (χ4v) is 4.87. The SMILES string of the molecule is CO[C@H]1O[C@@H]2c3cc4c(cc3CC[C@@H](N)[C@@H]2c2ccc3c(c21)OCO3)OCO4. The Hall–Kier alpha value is -2.48. The lowest BCUT2D eigenvalue weighted by atomic mass is 9.79. The summed E-state index contributed by atoms with van der Waals surface area (Å²) in [5, 5.41) is 0. The third kappa shape index (κ3) is 2.21. The molecule has 4 aliphatic rings. The molecule has 0 saturated heterocycles. The summed E-state index contributed by atoms with van der Waals surface area (Å²) in [5.74, 6) is 2.94. The van der Waals surface area contributed by atoms with E-state index in [1.54, 1.807) is 7.11 Å². The zero-order chi connectivity index (χ0) is 18.8. The van der Waals surface area contributed by atoms with Crippen LogP contribution in [-0.2, 0) is 15.9 Å². The molecule has 2 N–H and O–H groups in total. The maximum absolute atomic E-state index is 6.68. The van der Waals surface area contributed by atoms with Gasteiger partial charge in [-0.25, -0.2) is 0 Å². The van der Waals surface area contributed by atoms with Gasteiger partial charge in [-0.15, -0.1) is 0 Å². The number of fused-ring (bicyclic) bond motifs is 8. The predicted octanol–water partition coefficient (Wildman–Crippen LogP) is 2.92. The van der Waals surface area contributed by atoms with Crippen molar-refractivity contribution in [3.8, 4) is 23.0 Å². The van der Waals surface area contributed by atoms with Crippen molar-refractivity contribution in [3.63, 3.8) is 0 Å². The van der Waals surface area contributed by atoms with E-state index in [1.807, 2.05) is 12.1 Å². The Morgan fingerprint density at radius 1 is 0.964 bits per heavy atom. The first-order valence-electron chi connectivity index (χ1n) is 9.53. The number of hydrogen-bond donors (Lipinski definition) is 1. The number of aryl methyl sites for hydroxylation is 1. The van der Waals surface area contributed by atoms with Crippen LogP contribution in [0.4, 0.5) is 0 Å². The van der Waals surface area contributed by atoms with Crippen LogP contribution in [0.5, 0.6) is 23.0 Å². The van der Waals surface area contributed by atoms with Crippen molar-refractivity contribution < 1.29 is 28.4 Å². The van der Waals surface area contributed by atoms with Crippen LogP contribution in [0.3, 0.4) is 0 Å². The second-order valence-electron chi connectivity index (χ2n) is 7.56. The van der Waals surface area contributed by atoms with E-state index in [0.29, 0.717) is 11.5 Å². The molecule has 0 spiro atoms. The molecule has 2 aromatic carbocycles. The summed E-state index contributed by atoms with van der Waals surface area (Å²) in [7, 11) is 1.64. The first-order chi connectivity index (χ1) is 13.7. The van der Waals surface area contributed by atoms with Crippen molar-refractivity contribution in [2.45, 2.75) is 37.2 Å². The van der Waals surface area contributed by atoms with E-state index in [-0.39, 0.29) is 31.6 Å². The average Bonchev–Trinajstić information content (AvgIpc) is 3.35. The van der Waals surface area contributed by atoms with Crippen LogP contribution < -0.4 is 24.7 Å². The lowest BCUT2D eigenvalue weighted by Crippen LogP contribution is -2.37. The minimum Gasteiger partial charge on any atom is -0.454 e. The van der Waals surface area contributed by atoms with Crippen LogP contribution in [0.15, 0.2) is 24.3 Å². The van der Waals surface area contributed by atoms with Crippen molar-refractivity contribution >= 4 is 0 Å². The van der Waals surface area contributed by atoms with Gasteiger partial charge >= 0.3 is 0 Å². The van der Waals surface area contributed by atoms with Gasteiger partial charge in [-0.3, -0.25) is 0 Å². The number of benzene rings is 2. The highest BCUT2D eigenvalue weighted by Gasteiger charge is 2.45. The lowest BCUT2D eigenvalue weighted by molar-refractivity contribution is -0.180. The largest absolute Gasteiger partial charge is 0.454 e. The zero-order valence-corrected chi connectivity index (χ0v) is 15.5. The number of ether oxygens (including phenoxy) is 6. The third-order valence-corrected chi connectivity index (χ3v) is 6.17. The molecule has 4 atom stereocenters. The molecule has 28 heavy (non-hydrogen) atoms. The van der Waals surface area contributed by atoms with Gasteiger partial charge in [0.2, 0.25) is 13.6 Å². The molecule has 146 valence electrons. The van der Waals surface area contributed by atoms with E-state index >= 15 is 0 Å². The third-order valence-electron chi connectivity index (χ3n) is 6.17. The van der Waals surface area contributed by atoms with Crippen molar-refractivity contribution in [1.82, 2.24) is 0 Å². The number of hydrogen-bond acceptors (Lipinski definition) is 7. The predicted molar refractivity (Wildman–Crippen MR) is 97.7 cm³/mol. The molecule has 0 bridgehead atoms. The van der Waals surface area contributed by atoms with E-state index < -0.39 is 6.29 Å². The Labute approximate surface area is 162 Å². The van der Waals surface area contributed by atoms with Crippen LogP contribution in [-0.4, -0.2) is 26.7 Å². The topological polar surface area (TPSA) is 81.4 Å². The smallest absolute Gasteiger partial charge is 0.231 e. The molecule has 0 saturated carbocycles. The van der Waals surface area contributed by atoms with E-state index in [4.69, 9.17) is 34.2 Å². The summed E-state index contributed by atoms with van der Waals surface area (Å²) in [6.45, 7) is 0.453. The van der Waals surface area contributed by atoms with Crippen molar-refractivity contribution in [2.75, 3.05) is 20.7 Å². The highest BCUT2D eigenvalue weighted by molar-refractivity contribution is 5.57. The van der Waals surface area contributed by atoms with Crippen molar-refractivity contribution in [3.05, 3.63) is 46.5 Å². The van der Waals surface area contributed by atoms with Gasteiger partial charge < -0.3 is 34.2 Å². The fourth-order valence-electron chi connectivity index (χ4n) is 4.87. The molecule has 0 radical (unpaired) electrons. The minimum atomic E-state index is -0.559. The van der Waals surface area contributed by atoms with Gasteiger partial charge in [0.15, 0.2) is 29.3 Å². The van der Waals surface area contributed by atoms with E-state index in [2.05, 4.69) is 12.1 Å². The van der Waals surface area contributed by atoms with Crippen LogP contribution in [0.2, 0.25) is 0 Å². The summed E-state index contributed by atoms with van der Waals surface area (Å²) in [6, 6.07) is 8.07. The first-order valence-corrected chi connectivity index (χ1v) is 9.53. The van der Waals surface area contributed by atoms with E-state index in [0.717, 1.165) is 41.0 Å². The molecule has 3 aliphatic heterocycles. The highest BCUT2D eigenvalue weighted by Crippen LogP contribution is 2.55. The average molecular weight is 383 g/mol. The normalized spacial score (nSPS) is 28.9. The molecule has 6 rings (SSSR count). The van der Waals surface area contributed by atoms with Gasteiger partial charge in [-0.05, 0) is 47.7 Å². The van der Waals surface area contributed by atoms with Gasteiger partial charge in [0.05, 0.1) is 11.7 Å². The van der Waals surface area contributed by atoms with E-state index in [9.17, 15) is 0 Å². The molecule has 2 aromatic rings. The molecule has 0 fully saturated rings. The molecule has 0 aromatic heterocycles. The molecular weight excluding hydrogens is 362 g/mol. The fraction of sp³-hybridized carbons (Fsp3) is 0.429. The van der Waals surface area contributed by atoms with Gasteiger partial charge in [0.25, 0.3) is 0 Å². The van der Waals surface area contributed by atoms with E-state index in [1.165, 1.54) is 5.56 Å². The molecule has 0 unspecified atom stereocenters. The van der Waals surface area contributed by atoms with Gasteiger partial charge in [0.1, 0.15) is 0 Å². The van der Waals surface area contributed by atoms with Crippen LogP contribution in [0, 0.1) is 0 Å². The summed E-state index contributed by atoms with van der Waals surface area (Å²) >= 11 is 0. The summed E-state index contributed by atoms with van der Waals surface area (Å²) in [4.78, 5) is 0. The monoisotopic (exact) mass is 383 g/mol. The van der Waals surface area contributed by atoms with Gasteiger partial charge in [0, 0.05) is 19.1 Å². The van der Waals surface area contributed by atoms with Crippen LogP contribution in [0.1, 0.15) is 47.0 Å². The van der Waals surface area contributed by atoms with Gasteiger partial charge in [-0.1, -0.05) is 6.07 Å². The van der Waals surface area contributed by atoms with Crippen molar-refractivity contribution in [1.29, 1.82) is 0 Å². The maximum atomic E-state index is 6.68. The van der Waals surface area contributed by atoms with Crippen LogP contribution in [0.25, 0.3) is 0 Å². The molecule has 0 amide bonds. The Balaban J connectivity index is 1.54. The van der Waals surface area contributed by atoms with Crippen LogP contribution >= 0.6 is 0 Å². The highest BCUT2D eigenvalue weighted by atomic mass is 16.7. The van der Waals surface area contributed by atoms with Gasteiger partial charge in [-0.2, -0.15) is 0 Å². The van der Waals surface area contributed by atoms with Crippen molar-refractivity contribution in [2.24, 2.45) is 5.73 Å². The quantitative estimate of drug-likeness (QED) is 0.811. The number of nitrogens with two attached hydrogens (primary N) is 1. The molecular formula is C21H21NO6. The lowest BCUT2D eigenvalue weighted by Gasteiger charge is -2.40. The Kier molecular flexibility index (Phi) is 3.53. The Bertz CT molecular complexity index is 960. The molecule has 3 heterocycles. The summed E-state index contributed by atoms with van der Waals surface area (Å²) in [6.07, 6.45) is 0.917.